The van der Waals surface area contributed by atoms with Gasteiger partial charge in [-0.2, -0.15) is 0 Å². The van der Waals surface area contributed by atoms with E-state index in [1.165, 1.54) is 11.8 Å². The van der Waals surface area contributed by atoms with Gasteiger partial charge in [0.2, 0.25) is 6.43 Å². The maximum atomic E-state index is 11.9. The molecule has 0 saturated carbocycles. The third-order valence-electron chi connectivity index (χ3n) is 2.40. The molecule has 18 heavy (non-hydrogen) atoms. The highest BCUT2D eigenvalue weighted by molar-refractivity contribution is 8.00. The van der Waals surface area contributed by atoms with Crippen molar-refractivity contribution in [2.45, 2.75) is 58.1 Å². The summed E-state index contributed by atoms with van der Waals surface area (Å²) < 4.78 is 29.0. The number of esters is 1. The Morgan fingerprint density at radius 2 is 1.94 bits per heavy atom. The predicted molar refractivity (Wildman–Crippen MR) is 72.2 cm³/mol. The van der Waals surface area contributed by atoms with E-state index in [-0.39, 0.29) is 23.6 Å². The molecule has 0 rings (SSSR count). The fourth-order valence-corrected chi connectivity index (χ4v) is 2.64. The predicted octanol–water partition coefficient (Wildman–Crippen LogP) is 4.13. The SMILES string of the molecule is CCCOC(=O)C(SCCCCC(F)F)C(C)C. The zero-order chi connectivity index (χ0) is 14.0. The van der Waals surface area contributed by atoms with Crippen molar-refractivity contribution in [1.29, 1.82) is 0 Å². The van der Waals surface area contributed by atoms with Crippen LogP contribution in [0.5, 0.6) is 0 Å². The van der Waals surface area contributed by atoms with Gasteiger partial charge in [0.05, 0.1) is 6.61 Å². The van der Waals surface area contributed by atoms with Gasteiger partial charge in [0, 0.05) is 6.42 Å². The van der Waals surface area contributed by atoms with Gasteiger partial charge in [-0.25, -0.2) is 8.78 Å². The molecule has 0 aromatic rings. The van der Waals surface area contributed by atoms with Crippen molar-refractivity contribution in [1.82, 2.24) is 0 Å². The number of ether oxygens (including phenoxy) is 1. The van der Waals surface area contributed by atoms with Gasteiger partial charge in [0.15, 0.2) is 0 Å². The number of unbranched alkanes of at least 4 members (excludes halogenated alkanes) is 1. The molecule has 5 heteroatoms. The van der Waals surface area contributed by atoms with E-state index >= 15 is 0 Å². The molecule has 0 aromatic carbocycles. The molecule has 0 heterocycles. The molecule has 0 amide bonds. The van der Waals surface area contributed by atoms with Crippen molar-refractivity contribution in [3.8, 4) is 0 Å². The molecule has 2 nitrogen and oxygen atoms in total. The van der Waals surface area contributed by atoms with E-state index in [0.717, 1.165) is 18.6 Å². The maximum absolute atomic E-state index is 11.9. The Kier molecular flexibility index (Phi) is 10.4. The molecule has 0 spiro atoms. The van der Waals surface area contributed by atoms with Crippen molar-refractivity contribution in [3.63, 3.8) is 0 Å². The van der Waals surface area contributed by atoms with Crippen LogP contribution in [0.15, 0.2) is 0 Å². The highest BCUT2D eigenvalue weighted by Crippen LogP contribution is 2.23. The molecule has 1 atom stereocenters. The van der Waals surface area contributed by atoms with Gasteiger partial charge in [0.1, 0.15) is 5.25 Å². The van der Waals surface area contributed by atoms with Crippen LogP contribution in [0.2, 0.25) is 0 Å². The first-order valence-corrected chi connectivity index (χ1v) is 7.60. The van der Waals surface area contributed by atoms with Gasteiger partial charge in [-0.3, -0.25) is 4.79 Å². The second kappa shape index (κ2) is 10.6. The molecule has 0 radical (unpaired) electrons. The van der Waals surface area contributed by atoms with Gasteiger partial charge < -0.3 is 4.74 Å². The maximum Gasteiger partial charge on any atom is 0.319 e. The van der Waals surface area contributed by atoms with Crippen molar-refractivity contribution < 1.29 is 18.3 Å². The summed E-state index contributed by atoms with van der Waals surface area (Å²) >= 11 is 1.52. The molecule has 0 aromatic heterocycles. The molecular weight excluding hydrogens is 258 g/mol. The summed E-state index contributed by atoms with van der Waals surface area (Å²) in [5, 5.41) is -0.178. The summed E-state index contributed by atoms with van der Waals surface area (Å²) in [6.07, 6.45) is -0.216. The Balaban J connectivity index is 3.86. The number of carbonyl (C=O) groups is 1. The average Bonchev–Trinajstić information content (AvgIpc) is 2.29. The Bertz CT molecular complexity index is 223. The summed E-state index contributed by atoms with van der Waals surface area (Å²) in [4.78, 5) is 11.8. The zero-order valence-electron chi connectivity index (χ0n) is 11.5. The highest BCUT2D eigenvalue weighted by Gasteiger charge is 2.23. The fraction of sp³-hybridized carbons (Fsp3) is 0.923. The molecule has 0 fully saturated rings. The molecule has 0 aliphatic heterocycles. The van der Waals surface area contributed by atoms with Crippen LogP contribution in [-0.4, -0.2) is 30.0 Å². The normalized spacial score (nSPS) is 13.1. The smallest absolute Gasteiger partial charge is 0.319 e. The largest absolute Gasteiger partial charge is 0.465 e. The summed E-state index contributed by atoms with van der Waals surface area (Å²) in [5.41, 5.74) is 0. The van der Waals surface area contributed by atoms with E-state index in [2.05, 4.69) is 0 Å². The van der Waals surface area contributed by atoms with Crippen LogP contribution in [0, 0.1) is 5.92 Å². The lowest BCUT2D eigenvalue weighted by Crippen LogP contribution is -2.26. The van der Waals surface area contributed by atoms with Crippen LogP contribution >= 0.6 is 11.8 Å². The average molecular weight is 282 g/mol. The number of halogens is 2. The summed E-state index contributed by atoms with van der Waals surface area (Å²) in [6, 6.07) is 0. The topological polar surface area (TPSA) is 26.3 Å². The number of alkyl halides is 2. The number of thioether (sulfide) groups is 1. The summed E-state index contributed by atoms with van der Waals surface area (Å²) in [6.45, 7) is 6.36. The van der Waals surface area contributed by atoms with Crippen LogP contribution < -0.4 is 0 Å². The quantitative estimate of drug-likeness (QED) is 0.445. The van der Waals surface area contributed by atoms with E-state index in [1.54, 1.807) is 0 Å². The lowest BCUT2D eigenvalue weighted by Gasteiger charge is -2.18. The Hall–Kier alpha value is -0.320. The first-order chi connectivity index (χ1) is 8.49. The van der Waals surface area contributed by atoms with E-state index in [0.29, 0.717) is 13.0 Å². The molecule has 0 aliphatic carbocycles. The Labute approximate surface area is 113 Å². The van der Waals surface area contributed by atoms with Crippen LogP contribution in [0.4, 0.5) is 8.78 Å². The van der Waals surface area contributed by atoms with Gasteiger partial charge in [-0.05, 0) is 30.9 Å². The lowest BCUT2D eigenvalue weighted by molar-refractivity contribution is -0.143. The second-order valence-electron chi connectivity index (χ2n) is 4.59. The number of hydrogen-bond acceptors (Lipinski definition) is 3. The molecule has 0 bridgehead atoms. The molecule has 1 unspecified atom stereocenters. The molecule has 0 saturated heterocycles. The third-order valence-corrected chi connectivity index (χ3v) is 4.02. The summed E-state index contributed by atoms with van der Waals surface area (Å²) in [5.74, 6) is 0.761. The summed E-state index contributed by atoms with van der Waals surface area (Å²) in [7, 11) is 0. The van der Waals surface area contributed by atoms with Gasteiger partial charge in [0.25, 0.3) is 0 Å². The monoisotopic (exact) mass is 282 g/mol. The number of carbonyl (C=O) groups excluding carboxylic acids is 1. The van der Waals surface area contributed by atoms with Crippen LogP contribution in [0.3, 0.4) is 0 Å². The number of hydrogen-bond donors (Lipinski definition) is 0. The van der Waals surface area contributed by atoms with Crippen molar-refractivity contribution in [2.24, 2.45) is 5.92 Å². The lowest BCUT2D eigenvalue weighted by atomic mass is 10.1. The van der Waals surface area contributed by atoms with Crippen LogP contribution in [-0.2, 0) is 9.53 Å². The first-order valence-electron chi connectivity index (χ1n) is 6.55. The fourth-order valence-electron chi connectivity index (χ4n) is 1.43. The van der Waals surface area contributed by atoms with Crippen molar-refractivity contribution in [3.05, 3.63) is 0 Å². The minimum absolute atomic E-state index is 0.0484. The van der Waals surface area contributed by atoms with E-state index < -0.39 is 6.43 Å². The Morgan fingerprint density at radius 3 is 2.44 bits per heavy atom. The van der Waals surface area contributed by atoms with Gasteiger partial charge >= 0.3 is 5.97 Å². The molecular formula is C13H24F2O2S. The number of rotatable bonds is 10. The minimum Gasteiger partial charge on any atom is -0.465 e. The standard InChI is InChI=1S/C13H24F2O2S/c1-4-8-17-13(16)12(10(2)3)18-9-6-5-7-11(14)15/h10-12H,4-9H2,1-3H3. The minimum atomic E-state index is -2.22. The Morgan fingerprint density at radius 1 is 1.28 bits per heavy atom. The highest BCUT2D eigenvalue weighted by atomic mass is 32.2. The van der Waals surface area contributed by atoms with Crippen molar-refractivity contribution in [2.75, 3.05) is 12.4 Å². The molecule has 0 aliphatic rings. The van der Waals surface area contributed by atoms with E-state index in [1.807, 2.05) is 20.8 Å². The van der Waals surface area contributed by atoms with Gasteiger partial charge in [-0.1, -0.05) is 20.8 Å². The van der Waals surface area contributed by atoms with Crippen molar-refractivity contribution >= 4 is 17.7 Å². The van der Waals surface area contributed by atoms with Gasteiger partial charge in [-0.15, -0.1) is 11.8 Å². The first kappa shape index (κ1) is 17.7. The van der Waals surface area contributed by atoms with E-state index in [9.17, 15) is 13.6 Å². The van der Waals surface area contributed by atoms with E-state index in [4.69, 9.17) is 4.74 Å². The van der Waals surface area contributed by atoms with Crippen LogP contribution in [0.1, 0.15) is 46.5 Å². The zero-order valence-corrected chi connectivity index (χ0v) is 12.3. The molecule has 0 N–H and O–H groups in total. The van der Waals surface area contributed by atoms with Crippen LogP contribution in [0.25, 0.3) is 0 Å². The molecule has 108 valence electrons. The third kappa shape index (κ3) is 8.72. The second-order valence-corrected chi connectivity index (χ2v) is 5.84.